The van der Waals surface area contributed by atoms with Crippen LogP contribution in [0.4, 0.5) is 4.79 Å². The van der Waals surface area contributed by atoms with Gasteiger partial charge in [-0.15, -0.1) is 0 Å². The van der Waals surface area contributed by atoms with E-state index in [1.165, 1.54) is 0 Å². The van der Waals surface area contributed by atoms with Crippen LogP contribution in [0.3, 0.4) is 0 Å². The lowest BCUT2D eigenvalue weighted by atomic mass is 10.0. The second-order valence-corrected chi connectivity index (χ2v) is 6.52. The molecule has 0 aliphatic carbocycles. The van der Waals surface area contributed by atoms with Crippen molar-refractivity contribution in [1.29, 1.82) is 0 Å². The maximum atomic E-state index is 12.0. The molecule has 23 heavy (non-hydrogen) atoms. The Morgan fingerprint density at radius 1 is 1.26 bits per heavy atom. The Kier molecular flexibility index (Phi) is 7.15. The van der Waals surface area contributed by atoms with Crippen LogP contribution in [0.15, 0.2) is 24.3 Å². The molecule has 1 aliphatic heterocycles. The molecular weight excluding hydrogens is 314 g/mol. The van der Waals surface area contributed by atoms with Crippen LogP contribution >= 0.6 is 11.6 Å². The summed E-state index contributed by atoms with van der Waals surface area (Å²) >= 11 is 6.09. The number of benzene rings is 1. The summed E-state index contributed by atoms with van der Waals surface area (Å²) in [6.45, 7) is 8.80. The number of urea groups is 1. The first kappa shape index (κ1) is 18.0. The Balaban J connectivity index is 1.78. The number of nitrogens with zero attached hydrogens (tertiary/aromatic N) is 1. The van der Waals surface area contributed by atoms with Gasteiger partial charge in [0.2, 0.25) is 0 Å². The van der Waals surface area contributed by atoms with Gasteiger partial charge >= 0.3 is 6.03 Å². The molecule has 0 bridgehead atoms. The molecule has 1 heterocycles. The highest BCUT2D eigenvalue weighted by Crippen LogP contribution is 2.14. The molecule has 1 aromatic rings. The quantitative estimate of drug-likeness (QED) is 0.837. The molecular formula is C17H26ClN3O2. The summed E-state index contributed by atoms with van der Waals surface area (Å²) in [7, 11) is 0. The van der Waals surface area contributed by atoms with Gasteiger partial charge in [-0.1, -0.05) is 43.6 Å². The molecule has 1 saturated heterocycles. The van der Waals surface area contributed by atoms with E-state index in [0.717, 1.165) is 31.9 Å². The highest BCUT2D eigenvalue weighted by atomic mass is 35.5. The average Bonchev–Trinajstić information content (AvgIpc) is 2.55. The lowest BCUT2D eigenvalue weighted by Crippen LogP contribution is -2.52. The van der Waals surface area contributed by atoms with E-state index >= 15 is 0 Å². The highest BCUT2D eigenvalue weighted by molar-refractivity contribution is 6.31. The number of carbonyl (C=O) groups is 1. The van der Waals surface area contributed by atoms with E-state index in [0.29, 0.717) is 30.1 Å². The fourth-order valence-corrected chi connectivity index (χ4v) is 2.98. The maximum Gasteiger partial charge on any atom is 0.315 e. The summed E-state index contributed by atoms with van der Waals surface area (Å²) in [4.78, 5) is 14.4. The standard InChI is InChI=1S/C17H26ClN3O2/c1-13(2)16(21-7-9-23-10-8-21)12-20-17(22)19-11-14-5-3-4-6-15(14)18/h3-6,13,16H,7-12H2,1-2H3,(H2,19,20,22). The summed E-state index contributed by atoms with van der Waals surface area (Å²) in [6.07, 6.45) is 0. The molecule has 0 radical (unpaired) electrons. The van der Waals surface area contributed by atoms with Gasteiger partial charge in [0.05, 0.1) is 13.2 Å². The van der Waals surface area contributed by atoms with Crippen molar-refractivity contribution in [2.45, 2.75) is 26.4 Å². The van der Waals surface area contributed by atoms with Crippen LogP contribution in [0.25, 0.3) is 0 Å². The zero-order chi connectivity index (χ0) is 16.7. The fraction of sp³-hybridized carbons (Fsp3) is 0.588. The van der Waals surface area contributed by atoms with Gasteiger partial charge in [0.1, 0.15) is 0 Å². The molecule has 1 atom stereocenters. The van der Waals surface area contributed by atoms with Crippen molar-refractivity contribution < 1.29 is 9.53 Å². The molecule has 2 N–H and O–H groups in total. The number of amides is 2. The first-order valence-electron chi connectivity index (χ1n) is 8.15. The van der Waals surface area contributed by atoms with Crippen molar-refractivity contribution in [2.75, 3.05) is 32.8 Å². The van der Waals surface area contributed by atoms with Crippen LogP contribution in [0.5, 0.6) is 0 Å². The average molecular weight is 340 g/mol. The Labute approximate surface area is 143 Å². The molecule has 1 aliphatic rings. The second kappa shape index (κ2) is 9.11. The van der Waals surface area contributed by atoms with Crippen LogP contribution in [0, 0.1) is 5.92 Å². The van der Waals surface area contributed by atoms with E-state index in [-0.39, 0.29) is 6.03 Å². The van der Waals surface area contributed by atoms with E-state index < -0.39 is 0 Å². The number of morpholine rings is 1. The van der Waals surface area contributed by atoms with Crippen molar-refractivity contribution in [3.63, 3.8) is 0 Å². The van der Waals surface area contributed by atoms with Gasteiger partial charge in [0.25, 0.3) is 0 Å². The summed E-state index contributed by atoms with van der Waals surface area (Å²) in [5, 5.41) is 6.50. The monoisotopic (exact) mass is 339 g/mol. The molecule has 0 spiro atoms. The SMILES string of the molecule is CC(C)C(CNC(=O)NCc1ccccc1Cl)N1CCOCC1. The Bertz CT molecular complexity index is 504. The molecule has 6 heteroatoms. The Morgan fingerprint density at radius 3 is 2.61 bits per heavy atom. The van der Waals surface area contributed by atoms with Gasteiger partial charge in [-0.05, 0) is 17.5 Å². The second-order valence-electron chi connectivity index (χ2n) is 6.11. The van der Waals surface area contributed by atoms with Crippen LogP contribution in [0.2, 0.25) is 5.02 Å². The number of hydrogen-bond donors (Lipinski definition) is 2. The van der Waals surface area contributed by atoms with Gasteiger partial charge in [-0.2, -0.15) is 0 Å². The van der Waals surface area contributed by atoms with Crippen LogP contribution < -0.4 is 10.6 Å². The lowest BCUT2D eigenvalue weighted by Gasteiger charge is -2.36. The van der Waals surface area contributed by atoms with E-state index in [1.807, 2.05) is 24.3 Å². The summed E-state index contributed by atoms with van der Waals surface area (Å²) in [5.41, 5.74) is 0.915. The van der Waals surface area contributed by atoms with Crippen LogP contribution in [-0.4, -0.2) is 49.8 Å². The molecule has 0 saturated carbocycles. The number of carbonyl (C=O) groups excluding carboxylic acids is 1. The first-order valence-corrected chi connectivity index (χ1v) is 8.52. The third-order valence-electron chi connectivity index (χ3n) is 4.15. The first-order chi connectivity index (χ1) is 11.1. The van der Waals surface area contributed by atoms with E-state index in [2.05, 4.69) is 29.4 Å². The minimum Gasteiger partial charge on any atom is -0.379 e. The molecule has 1 unspecified atom stereocenters. The smallest absolute Gasteiger partial charge is 0.315 e. The van der Waals surface area contributed by atoms with Gasteiger partial charge in [-0.3, -0.25) is 4.90 Å². The Morgan fingerprint density at radius 2 is 1.96 bits per heavy atom. The topological polar surface area (TPSA) is 53.6 Å². The predicted molar refractivity (Wildman–Crippen MR) is 92.7 cm³/mol. The minimum absolute atomic E-state index is 0.163. The number of ether oxygens (including phenoxy) is 1. The zero-order valence-electron chi connectivity index (χ0n) is 13.8. The largest absolute Gasteiger partial charge is 0.379 e. The van der Waals surface area contributed by atoms with E-state index in [9.17, 15) is 4.79 Å². The third-order valence-corrected chi connectivity index (χ3v) is 4.52. The maximum absolute atomic E-state index is 12.0. The molecule has 2 amide bonds. The Hall–Kier alpha value is -1.30. The van der Waals surface area contributed by atoms with Crippen LogP contribution in [0.1, 0.15) is 19.4 Å². The lowest BCUT2D eigenvalue weighted by molar-refractivity contribution is 0.00719. The molecule has 1 aromatic carbocycles. The van der Waals surface area contributed by atoms with Crippen molar-refractivity contribution in [2.24, 2.45) is 5.92 Å². The molecule has 1 fully saturated rings. The molecule has 5 nitrogen and oxygen atoms in total. The van der Waals surface area contributed by atoms with E-state index in [4.69, 9.17) is 16.3 Å². The highest BCUT2D eigenvalue weighted by Gasteiger charge is 2.24. The summed E-state index contributed by atoms with van der Waals surface area (Å²) in [6, 6.07) is 7.68. The van der Waals surface area contributed by atoms with Gasteiger partial charge in [0, 0.05) is 37.2 Å². The molecule has 0 aromatic heterocycles. The number of rotatable bonds is 6. The van der Waals surface area contributed by atoms with Gasteiger partial charge < -0.3 is 15.4 Å². The number of halogens is 1. The molecule has 2 rings (SSSR count). The molecule has 128 valence electrons. The minimum atomic E-state index is -0.163. The predicted octanol–water partition coefficient (Wildman–Crippen LogP) is 2.50. The number of hydrogen-bond acceptors (Lipinski definition) is 3. The van der Waals surface area contributed by atoms with E-state index in [1.54, 1.807) is 0 Å². The summed E-state index contributed by atoms with van der Waals surface area (Å²) in [5.74, 6) is 0.469. The fourth-order valence-electron chi connectivity index (χ4n) is 2.77. The van der Waals surface area contributed by atoms with Crippen LogP contribution in [-0.2, 0) is 11.3 Å². The van der Waals surface area contributed by atoms with Crippen molar-refractivity contribution >= 4 is 17.6 Å². The third kappa shape index (κ3) is 5.68. The normalized spacial score (nSPS) is 17.0. The zero-order valence-corrected chi connectivity index (χ0v) is 14.6. The van der Waals surface area contributed by atoms with Gasteiger partial charge in [-0.25, -0.2) is 4.79 Å². The van der Waals surface area contributed by atoms with Crippen molar-refractivity contribution in [3.05, 3.63) is 34.9 Å². The van der Waals surface area contributed by atoms with Gasteiger partial charge in [0.15, 0.2) is 0 Å². The van der Waals surface area contributed by atoms with Crippen molar-refractivity contribution in [1.82, 2.24) is 15.5 Å². The number of nitrogens with one attached hydrogen (secondary N) is 2. The van der Waals surface area contributed by atoms with Crippen molar-refractivity contribution in [3.8, 4) is 0 Å². The summed E-state index contributed by atoms with van der Waals surface area (Å²) < 4.78 is 5.40.